The van der Waals surface area contributed by atoms with Gasteiger partial charge < -0.3 is 10.2 Å². The predicted octanol–water partition coefficient (Wildman–Crippen LogP) is 2.22. The van der Waals surface area contributed by atoms with Crippen molar-refractivity contribution in [1.82, 2.24) is 10.2 Å². The van der Waals surface area contributed by atoms with Crippen LogP contribution in [0.3, 0.4) is 0 Å². The first kappa shape index (κ1) is 15.8. The second-order valence-electron chi connectivity index (χ2n) is 6.40. The molecule has 0 spiro atoms. The standard InChI is InChI=1S/C14H19N3O2.C2H6.H2/c1-13(4-5-13)12(19)17-8-2-3-10(17)11(18)16-14(9-15)6-7-14;1-2;/h10H,2-8H2,1H3,(H,16,18);1-2H3;1H/t10-;;/m0../s1. The van der Waals surface area contributed by atoms with Gasteiger partial charge in [-0.1, -0.05) is 20.8 Å². The van der Waals surface area contributed by atoms with Crippen LogP contribution in [0.5, 0.6) is 0 Å². The third kappa shape index (κ3) is 3.04. The van der Waals surface area contributed by atoms with Crippen molar-refractivity contribution in [2.75, 3.05) is 6.54 Å². The molecule has 5 nitrogen and oxygen atoms in total. The quantitative estimate of drug-likeness (QED) is 0.867. The number of carbonyl (C=O) groups excluding carboxylic acids is 2. The maximum absolute atomic E-state index is 12.4. The second-order valence-corrected chi connectivity index (χ2v) is 6.40. The van der Waals surface area contributed by atoms with Gasteiger partial charge in [0.15, 0.2) is 0 Å². The van der Waals surface area contributed by atoms with Crippen LogP contribution in [-0.4, -0.2) is 34.8 Å². The van der Waals surface area contributed by atoms with Crippen molar-refractivity contribution < 1.29 is 11.0 Å². The summed E-state index contributed by atoms with van der Waals surface area (Å²) in [4.78, 5) is 26.4. The van der Waals surface area contributed by atoms with E-state index in [2.05, 4.69) is 11.4 Å². The molecule has 0 aromatic rings. The fourth-order valence-electron chi connectivity index (χ4n) is 2.74. The van der Waals surface area contributed by atoms with Crippen molar-refractivity contribution in [3.63, 3.8) is 0 Å². The van der Waals surface area contributed by atoms with Crippen LogP contribution in [0.1, 0.15) is 60.7 Å². The highest BCUT2D eigenvalue weighted by atomic mass is 16.2. The summed E-state index contributed by atoms with van der Waals surface area (Å²) in [7, 11) is 0. The lowest BCUT2D eigenvalue weighted by Crippen LogP contribution is -2.50. The maximum Gasteiger partial charge on any atom is 0.244 e. The molecule has 1 aliphatic heterocycles. The Hall–Kier alpha value is -1.57. The van der Waals surface area contributed by atoms with Gasteiger partial charge in [-0.05, 0) is 38.5 Å². The van der Waals surface area contributed by atoms with E-state index < -0.39 is 5.54 Å². The molecule has 0 unspecified atom stereocenters. The molecular weight excluding hydrogens is 266 g/mol. The Morgan fingerprint density at radius 3 is 2.38 bits per heavy atom. The molecular formula is C16H27N3O2. The highest BCUT2D eigenvalue weighted by Crippen LogP contribution is 2.47. The van der Waals surface area contributed by atoms with E-state index in [1.807, 2.05) is 20.8 Å². The number of carbonyl (C=O) groups is 2. The number of rotatable bonds is 3. The van der Waals surface area contributed by atoms with Gasteiger partial charge in [0, 0.05) is 13.4 Å². The first-order valence-corrected chi connectivity index (χ1v) is 8.04. The van der Waals surface area contributed by atoms with Crippen LogP contribution in [0, 0.1) is 16.7 Å². The molecule has 118 valence electrons. The molecule has 0 aromatic carbocycles. The van der Waals surface area contributed by atoms with Gasteiger partial charge in [-0.3, -0.25) is 9.59 Å². The van der Waals surface area contributed by atoms with Crippen LogP contribution >= 0.6 is 0 Å². The first-order valence-electron chi connectivity index (χ1n) is 8.04. The highest BCUT2D eigenvalue weighted by Gasteiger charge is 2.51. The van der Waals surface area contributed by atoms with Gasteiger partial charge in [0.1, 0.15) is 11.6 Å². The van der Waals surface area contributed by atoms with E-state index in [-0.39, 0.29) is 24.7 Å². The highest BCUT2D eigenvalue weighted by molar-refractivity contribution is 5.92. The minimum atomic E-state index is -0.641. The molecule has 2 aliphatic carbocycles. The minimum Gasteiger partial charge on any atom is -0.336 e. The van der Waals surface area contributed by atoms with E-state index in [0.29, 0.717) is 6.54 Å². The lowest BCUT2D eigenvalue weighted by atomic mass is 10.1. The summed E-state index contributed by atoms with van der Waals surface area (Å²) in [5.41, 5.74) is -0.868. The van der Waals surface area contributed by atoms with E-state index >= 15 is 0 Å². The number of nitriles is 1. The van der Waals surface area contributed by atoms with Crippen LogP contribution in [0.25, 0.3) is 0 Å². The number of nitrogens with zero attached hydrogens (tertiary/aromatic N) is 2. The SMILES string of the molecule is CC.CC1(C(=O)N2CCC[C@H]2C(=O)NC2(C#N)CC2)CC1.[HH]. The van der Waals surface area contributed by atoms with Crippen LogP contribution in [0.4, 0.5) is 0 Å². The van der Waals surface area contributed by atoms with Crippen molar-refractivity contribution in [1.29, 1.82) is 5.26 Å². The molecule has 2 saturated carbocycles. The Morgan fingerprint density at radius 2 is 1.90 bits per heavy atom. The molecule has 0 bridgehead atoms. The molecule has 0 radical (unpaired) electrons. The number of hydrogen-bond donors (Lipinski definition) is 1. The minimum absolute atomic E-state index is 0. The maximum atomic E-state index is 12.4. The van der Waals surface area contributed by atoms with E-state index in [0.717, 1.165) is 38.5 Å². The van der Waals surface area contributed by atoms with Gasteiger partial charge in [0.05, 0.1) is 6.07 Å². The molecule has 21 heavy (non-hydrogen) atoms. The monoisotopic (exact) mass is 293 g/mol. The third-order valence-electron chi connectivity index (χ3n) is 4.66. The first-order chi connectivity index (χ1) is 10.00. The Kier molecular flexibility index (Phi) is 4.27. The average Bonchev–Trinajstić information content (AvgIpc) is 3.39. The number of nitrogens with one attached hydrogen (secondary N) is 1. The van der Waals surface area contributed by atoms with Crippen molar-refractivity contribution in [2.45, 2.75) is 70.9 Å². The van der Waals surface area contributed by atoms with Crippen LogP contribution in [0.15, 0.2) is 0 Å². The summed E-state index contributed by atoms with van der Waals surface area (Å²) in [5.74, 6) is -0.0268. The van der Waals surface area contributed by atoms with Gasteiger partial charge in [-0.25, -0.2) is 0 Å². The number of likely N-dealkylation sites (tertiary alicyclic amines) is 1. The molecule has 2 amide bonds. The van der Waals surface area contributed by atoms with E-state index in [4.69, 9.17) is 5.26 Å². The molecule has 1 atom stereocenters. The Morgan fingerprint density at radius 1 is 1.29 bits per heavy atom. The number of amides is 2. The third-order valence-corrected chi connectivity index (χ3v) is 4.66. The number of hydrogen-bond acceptors (Lipinski definition) is 3. The van der Waals surface area contributed by atoms with Crippen molar-refractivity contribution in [3.8, 4) is 6.07 Å². The second kappa shape index (κ2) is 5.67. The zero-order valence-corrected chi connectivity index (χ0v) is 13.2. The smallest absolute Gasteiger partial charge is 0.244 e. The molecule has 1 N–H and O–H groups in total. The molecule has 3 fully saturated rings. The lowest BCUT2D eigenvalue weighted by molar-refractivity contribution is -0.142. The summed E-state index contributed by atoms with van der Waals surface area (Å²) in [5, 5.41) is 11.8. The van der Waals surface area contributed by atoms with Crippen molar-refractivity contribution in [2.24, 2.45) is 5.41 Å². The van der Waals surface area contributed by atoms with Crippen molar-refractivity contribution >= 4 is 11.8 Å². The van der Waals surface area contributed by atoms with Gasteiger partial charge >= 0.3 is 0 Å². The normalized spacial score (nSPS) is 27.0. The molecule has 3 aliphatic rings. The zero-order chi connectivity index (χ0) is 15.7. The molecule has 1 heterocycles. The summed E-state index contributed by atoms with van der Waals surface area (Å²) in [6.07, 6.45) is 4.91. The molecule has 5 heteroatoms. The summed E-state index contributed by atoms with van der Waals surface area (Å²) < 4.78 is 0. The van der Waals surface area contributed by atoms with Gasteiger partial charge in [0.2, 0.25) is 11.8 Å². The lowest BCUT2D eigenvalue weighted by Gasteiger charge is -2.27. The van der Waals surface area contributed by atoms with Gasteiger partial charge in [-0.2, -0.15) is 5.26 Å². The Labute approximate surface area is 128 Å². The van der Waals surface area contributed by atoms with Crippen molar-refractivity contribution in [3.05, 3.63) is 0 Å². The predicted molar refractivity (Wildman–Crippen MR) is 81.3 cm³/mol. The Balaban J connectivity index is 0.000000775. The Bertz CT molecular complexity index is 478. The van der Waals surface area contributed by atoms with Gasteiger partial charge in [-0.15, -0.1) is 0 Å². The average molecular weight is 293 g/mol. The zero-order valence-electron chi connectivity index (χ0n) is 13.2. The summed E-state index contributed by atoms with van der Waals surface area (Å²) >= 11 is 0. The van der Waals surface area contributed by atoms with E-state index in [1.54, 1.807) is 4.90 Å². The van der Waals surface area contributed by atoms with E-state index in [9.17, 15) is 9.59 Å². The molecule has 0 aromatic heterocycles. The van der Waals surface area contributed by atoms with Crippen LogP contribution in [-0.2, 0) is 9.59 Å². The fourth-order valence-corrected chi connectivity index (χ4v) is 2.74. The van der Waals surface area contributed by atoms with Gasteiger partial charge in [0.25, 0.3) is 0 Å². The van der Waals surface area contributed by atoms with Crippen LogP contribution < -0.4 is 5.32 Å². The molecule has 3 rings (SSSR count). The topological polar surface area (TPSA) is 73.2 Å². The summed E-state index contributed by atoms with van der Waals surface area (Å²) in [6, 6.07) is 1.79. The molecule has 1 saturated heterocycles. The van der Waals surface area contributed by atoms with E-state index in [1.165, 1.54) is 0 Å². The largest absolute Gasteiger partial charge is 0.336 e. The fraction of sp³-hybridized carbons (Fsp3) is 0.812. The summed E-state index contributed by atoms with van der Waals surface area (Å²) in [6.45, 7) is 6.65. The van der Waals surface area contributed by atoms with Crippen LogP contribution in [0.2, 0.25) is 0 Å².